The third-order valence-corrected chi connectivity index (χ3v) is 11.1. The molecule has 2 aliphatic rings. The summed E-state index contributed by atoms with van der Waals surface area (Å²) in [5, 5.41) is 7.16. The van der Waals surface area contributed by atoms with Crippen LogP contribution in [-0.2, 0) is 5.41 Å². The molecule has 1 unspecified atom stereocenters. The molecule has 0 amide bonds. The molecule has 51 heavy (non-hydrogen) atoms. The lowest BCUT2D eigenvalue weighted by atomic mass is 9.65. The maximum Gasteiger partial charge on any atom is 0.140 e. The van der Waals surface area contributed by atoms with Gasteiger partial charge in [0, 0.05) is 33.3 Å². The second-order valence-corrected chi connectivity index (χ2v) is 13.7. The first-order chi connectivity index (χ1) is 25.3. The molecule has 11 rings (SSSR count). The Morgan fingerprint density at radius 2 is 0.980 bits per heavy atom. The molecule has 1 spiro atoms. The molecule has 0 saturated heterocycles. The molecular weight excluding hydrogens is 619 g/mol. The van der Waals surface area contributed by atoms with Gasteiger partial charge in [-0.1, -0.05) is 152 Å². The standard InChI is InChI=1S/C49H31NO/c1-2-15-35-30-36(26-24-32(35)12-1)50(46-22-11-16-33-13-3-5-17-38(33)46)37-27-28-41-40-19-7-8-20-42(40)49(45(41)31-37)43-21-9-10-23-47(43)51-48-39-18-6-4-14-34(39)25-29-44(48)49/h1-31H. The molecule has 1 atom stereocenters. The zero-order valence-electron chi connectivity index (χ0n) is 27.8. The summed E-state index contributed by atoms with van der Waals surface area (Å²) in [6.45, 7) is 0. The zero-order valence-corrected chi connectivity index (χ0v) is 27.8. The first kappa shape index (κ1) is 28.2. The number of nitrogens with zero attached hydrogens (tertiary/aromatic N) is 1. The fourth-order valence-electron chi connectivity index (χ4n) is 8.90. The van der Waals surface area contributed by atoms with Gasteiger partial charge in [0.25, 0.3) is 0 Å². The van der Waals surface area contributed by atoms with E-state index in [4.69, 9.17) is 4.74 Å². The number of fused-ring (bicyclic) bond motifs is 13. The second-order valence-electron chi connectivity index (χ2n) is 13.7. The van der Waals surface area contributed by atoms with Crippen molar-refractivity contribution in [1.29, 1.82) is 0 Å². The van der Waals surface area contributed by atoms with E-state index in [1.807, 2.05) is 0 Å². The van der Waals surface area contributed by atoms with Crippen LogP contribution in [0.25, 0.3) is 43.4 Å². The fourth-order valence-corrected chi connectivity index (χ4v) is 8.90. The van der Waals surface area contributed by atoms with Crippen molar-refractivity contribution >= 4 is 49.4 Å². The number of rotatable bonds is 3. The molecule has 0 aromatic heterocycles. The molecule has 9 aromatic carbocycles. The summed E-state index contributed by atoms with van der Waals surface area (Å²) in [5.41, 5.74) is 10.2. The molecule has 0 fully saturated rings. The molecule has 1 aliphatic carbocycles. The van der Waals surface area contributed by atoms with Crippen LogP contribution in [0.3, 0.4) is 0 Å². The Hall–Kier alpha value is -6.64. The average Bonchev–Trinajstić information content (AvgIpc) is 3.48. The van der Waals surface area contributed by atoms with Crippen LogP contribution in [0.4, 0.5) is 17.1 Å². The Kier molecular flexibility index (Phi) is 5.91. The van der Waals surface area contributed by atoms with Crippen LogP contribution >= 0.6 is 0 Å². The van der Waals surface area contributed by atoms with E-state index in [0.29, 0.717) is 0 Å². The molecule has 1 heterocycles. The van der Waals surface area contributed by atoms with Crippen molar-refractivity contribution in [1.82, 2.24) is 0 Å². The number of ether oxygens (including phenoxy) is 1. The number of hydrogen-bond donors (Lipinski definition) is 0. The first-order valence-corrected chi connectivity index (χ1v) is 17.6. The number of benzene rings is 9. The fraction of sp³-hybridized carbons (Fsp3) is 0.0204. The van der Waals surface area contributed by atoms with E-state index in [1.165, 1.54) is 60.3 Å². The lowest BCUT2D eigenvalue weighted by Crippen LogP contribution is -2.32. The van der Waals surface area contributed by atoms with Crippen molar-refractivity contribution in [3.63, 3.8) is 0 Å². The third kappa shape index (κ3) is 3.93. The highest BCUT2D eigenvalue weighted by Gasteiger charge is 2.51. The van der Waals surface area contributed by atoms with Gasteiger partial charge in [0.05, 0.1) is 11.1 Å². The Morgan fingerprint density at radius 3 is 1.86 bits per heavy atom. The summed E-state index contributed by atoms with van der Waals surface area (Å²) in [6.07, 6.45) is 0. The molecule has 0 radical (unpaired) electrons. The zero-order chi connectivity index (χ0) is 33.5. The van der Waals surface area contributed by atoms with Crippen LogP contribution in [0.5, 0.6) is 11.5 Å². The van der Waals surface area contributed by atoms with Gasteiger partial charge in [0.2, 0.25) is 0 Å². The minimum Gasteiger partial charge on any atom is -0.456 e. The van der Waals surface area contributed by atoms with Crippen molar-refractivity contribution in [2.24, 2.45) is 0 Å². The molecule has 1 aliphatic heterocycles. The van der Waals surface area contributed by atoms with Crippen molar-refractivity contribution in [2.75, 3.05) is 4.90 Å². The van der Waals surface area contributed by atoms with Crippen molar-refractivity contribution in [3.05, 3.63) is 210 Å². The number of hydrogen-bond acceptors (Lipinski definition) is 2. The van der Waals surface area contributed by atoms with E-state index >= 15 is 0 Å². The summed E-state index contributed by atoms with van der Waals surface area (Å²) in [7, 11) is 0. The Morgan fingerprint density at radius 1 is 0.373 bits per heavy atom. The Balaban J connectivity index is 1.24. The molecule has 0 N–H and O–H groups in total. The van der Waals surface area contributed by atoms with E-state index in [2.05, 4.69) is 193 Å². The smallest absolute Gasteiger partial charge is 0.140 e. The van der Waals surface area contributed by atoms with Gasteiger partial charge in [-0.25, -0.2) is 0 Å². The molecule has 9 aromatic rings. The van der Waals surface area contributed by atoms with Crippen molar-refractivity contribution in [2.45, 2.75) is 5.41 Å². The van der Waals surface area contributed by atoms with Crippen molar-refractivity contribution in [3.8, 4) is 22.6 Å². The molecule has 0 bridgehead atoms. The van der Waals surface area contributed by atoms with E-state index < -0.39 is 5.41 Å². The van der Waals surface area contributed by atoms with Gasteiger partial charge in [-0.2, -0.15) is 0 Å². The molecular formula is C49H31NO. The van der Waals surface area contributed by atoms with Gasteiger partial charge in [-0.05, 0) is 80.2 Å². The summed E-state index contributed by atoms with van der Waals surface area (Å²) >= 11 is 0. The Bertz CT molecular complexity index is 2860. The molecule has 238 valence electrons. The van der Waals surface area contributed by atoms with Crippen LogP contribution in [0.15, 0.2) is 188 Å². The molecule has 2 heteroatoms. The van der Waals surface area contributed by atoms with Crippen LogP contribution < -0.4 is 9.64 Å². The molecule has 0 saturated carbocycles. The first-order valence-electron chi connectivity index (χ1n) is 17.6. The van der Waals surface area contributed by atoms with Crippen LogP contribution in [0.2, 0.25) is 0 Å². The van der Waals surface area contributed by atoms with Crippen LogP contribution in [0.1, 0.15) is 22.3 Å². The van der Waals surface area contributed by atoms with Crippen molar-refractivity contribution < 1.29 is 4.74 Å². The second kappa shape index (κ2) is 10.7. The summed E-state index contributed by atoms with van der Waals surface area (Å²) in [4.78, 5) is 2.44. The number of para-hydroxylation sites is 1. The number of anilines is 3. The average molecular weight is 650 g/mol. The SMILES string of the molecule is c1ccc2c(c1)Oc1c(ccc3ccccc13)C21c2ccccc2-c2ccc(N(c3ccc4ccccc4c3)c3cccc4ccccc34)cc21. The van der Waals surface area contributed by atoms with Crippen LogP contribution in [-0.4, -0.2) is 0 Å². The van der Waals surface area contributed by atoms with Gasteiger partial charge in [-0.3, -0.25) is 0 Å². The third-order valence-electron chi connectivity index (χ3n) is 11.1. The predicted octanol–water partition coefficient (Wildman–Crippen LogP) is 13.1. The quantitative estimate of drug-likeness (QED) is 0.189. The minimum absolute atomic E-state index is 0.579. The largest absolute Gasteiger partial charge is 0.456 e. The van der Waals surface area contributed by atoms with Gasteiger partial charge in [0.15, 0.2) is 0 Å². The van der Waals surface area contributed by atoms with E-state index in [1.54, 1.807) is 0 Å². The van der Waals surface area contributed by atoms with E-state index in [9.17, 15) is 0 Å². The van der Waals surface area contributed by atoms with Gasteiger partial charge in [0.1, 0.15) is 11.5 Å². The monoisotopic (exact) mass is 649 g/mol. The highest BCUT2D eigenvalue weighted by molar-refractivity contribution is 6.01. The van der Waals surface area contributed by atoms with E-state index in [0.717, 1.165) is 33.9 Å². The predicted molar refractivity (Wildman–Crippen MR) is 211 cm³/mol. The maximum atomic E-state index is 6.90. The summed E-state index contributed by atoms with van der Waals surface area (Å²) < 4.78 is 6.90. The topological polar surface area (TPSA) is 12.5 Å². The summed E-state index contributed by atoms with van der Waals surface area (Å²) in [5.74, 6) is 1.83. The van der Waals surface area contributed by atoms with Crippen LogP contribution in [0, 0.1) is 0 Å². The van der Waals surface area contributed by atoms with Gasteiger partial charge in [-0.15, -0.1) is 0 Å². The highest BCUT2D eigenvalue weighted by atomic mass is 16.5. The minimum atomic E-state index is -0.579. The van der Waals surface area contributed by atoms with Gasteiger partial charge < -0.3 is 9.64 Å². The highest BCUT2D eigenvalue weighted by Crippen LogP contribution is 2.63. The normalized spacial score (nSPS) is 15.3. The van der Waals surface area contributed by atoms with E-state index in [-0.39, 0.29) is 0 Å². The maximum absolute atomic E-state index is 6.90. The van der Waals surface area contributed by atoms with Gasteiger partial charge >= 0.3 is 0 Å². The Labute approximate surface area is 296 Å². The lowest BCUT2D eigenvalue weighted by molar-refractivity contribution is 0.441. The summed E-state index contributed by atoms with van der Waals surface area (Å²) in [6, 6.07) is 68.6. The molecule has 2 nitrogen and oxygen atoms in total. The lowest BCUT2D eigenvalue weighted by Gasteiger charge is -2.40.